The van der Waals surface area contributed by atoms with Crippen LogP contribution < -0.4 is 14.2 Å². The van der Waals surface area contributed by atoms with Crippen LogP contribution in [0.1, 0.15) is 40.0 Å². The second-order valence-corrected chi connectivity index (χ2v) is 10.5. The first-order chi connectivity index (χ1) is 20.0. The van der Waals surface area contributed by atoms with E-state index in [0.29, 0.717) is 5.56 Å². The number of rotatable bonds is 2. The monoisotopic (exact) mass is 576 g/mol. The minimum Gasteiger partial charge on any atom is -0.508 e. The van der Waals surface area contributed by atoms with E-state index >= 15 is 0 Å². The Balaban J connectivity index is 1.45. The van der Waals surface area contributed by atoms with Gasteiger partial charge in [0, 0.05) is 35.7 Å². The summed E-state index contributed by atoms with van der Waals surface area (Å²) in [6.45, 7) is 0. The van der Waals surface area contributed by atoms with Gasteiger partial charge in [-0.15, -0.1) is 0 Å². The average Bonchev–Trinajstić information content (AvgIpc) is 2.93. The average molecular weight is 577 g/mol. The van der Waals surface area contributed by atoms with Gasteiger partial charge in [-0.25, -0.2) is 0 Å². The van der Waals surface area contributed by atoms with Crippen LogP contribution in [0, 0.1) is 0 Å². The number of aromatic hydroxyl groups is 7. The third-order valence-corrected chi connectivity index (χ3v) is 8.07. The Kier molecular flexibility index (Phi) is 5.30. The molecule has 0 aliphatic carbocycles. The number of aliphatic hydroxyl groups excluding tert-OH is 2. The Hall–Kier alpha value is -5.20. The smallest absolute Gasteiger partial charge is 0.196 e. The molecule has 4 aromatic rings. The lowest BCUT2D eigenvalue weighted by Crippen LogP contribution is -2.55. The topological polar surface area (TPSA) is 210 Å². The van der Waals surface area contributed by atoms with Crippen molar-refractivity contribution < 1.29 is 60.2 Å². The fourth-order valence-corrected chi connectivity index (χ4v) is 6.12. The molecule has 0 amide bonds. The molecule has 12 heteroatoms. The van der Waals surface area contributed by atoms with E-state index in [1.807, 2.05) is 0 Å². The zero-order valence-electron chi connectivity index (χ0n) is 21.5. The van der Waals surface area contributed by atoms with Crippen LogP contribution in [0.3, 0.4) is 0 Å². The summed E-state index contributed by atoms with van der Waals surface area (Å²) in [7, 11) is 0. The van der Waals surface area contributed by atoms with Crippen LogP contribution in [-0.2, 0) is 12.0 Å². The molecule has 3 heterocycles. The van der Waals surface area contributed by atoms with Crippen molar-refractivity contribution in [1.29, 1.82) is 0 Å². The Morgan fingerprint density at radius 2 is 1.33 bits per heavy atom. The van der Waals surface area contributed by atoms with E-state index in [4.69, 9.17) is 14.2 Å². The maximum absolute atomic E-state index is 11.8. The van der Waals surface area contributed by atoms with Crippen molar-refractivity contribution in [3.05, 3.63) is 82.4 Å². The molecule has 0 radical (unpaired) electrons. The molecule has 7 rings (SSSR count). The van der Waals surface area contributed by atoms with Crippen LogP contribution in [0.2, 0.25) is 0 Å². The molecule has 4 aromatic carbocycles. The third-order valence-electron chi connectivity index (χ3n) is 8.07. The maximum Gasteiger partial charge on any atom is 0.196 e. The van der Waals surface area contributed by atoms with Gasteiger partial charge in [0.2, 0.25) is 0 Å². The Labute approximate surface area is 236 Å². The van der Waals surface area contributed by atoms with Gasteiger partial charge >= 0.3 is 0 Å². The van der Waals surface area contributed by atoms with Gasteiger partial charge in [-0.1, -0.05) is 12.1 Å². The van der Waals surface area contributed by atoms with Crippen molar-refractivity contribution in [1.82, 2.24) is 0 Å². The summed E-state index contributed by atoms with van der Waals surface area (Å²) in [5.41, 5.74) is -1.47. The van der Waals surface area contributed by atoms with Gasteiger partial charge in [0.15, 0.2) is 34.7 Å². The molecule has 42 heavy (non-hydrogen) atoms. The summed E-state index contributed by atoms with van der Waals surface area (Å²) < 4.78 is 18.5. The lowest BCUT2D eigenvalue weighted by atomic mass is 9.72. The molecule has 0 spiro atoms. The van der Waals surface area contributed by atoms with E-state index in [0.717, 1.165) is 12.1 Å². The second-order valence-electron chi connectivity index (χ2n) is 10.5. The fourth-order valence-electron chi connectivity index (χ4n) is 6.12. The molecule has 216 valence electrons. The molecule has 9 N–H and O–H groups in total. The first kappa shape index (κ1) is 25.7. The standard InChI is InChI=1S/C30H24O12/c31-13-7-19(36)24-22(8-13)42-30(12-2-4-16(33)18(35)6-12)25-23(41-28(24)29(30)39)10-21-14(26(25)38)9-20(37)27(40-21)11-1-3-15(32)17(34)5-11/h1-8,10,20,27-29,31-39H,9H2. The van der Waals surface area contributed by atoms with E-state index in [1.54, 1.807) is 0 Å². The van der Waals surface area contributed by atoms with Crippen molar-refractivity contribution in [3.8, 4) is 57.5 Å². The summed E-state index contributed by atoms with van der Waals surface area (Å²) in [5.74, 6) is -2.94. The van der Waals surface area contributed by atoms with Crippen molar-refractivity contribution in [3.63, 3.8) is 0 Å². The Morgan fingerprint density at radius 1 is 0.643 bits per heavy atom. The molecule has 2 bridgehead atoms. The highest BCUT2D eigenvalue weighted by Gasteiger charge is 2.60. The quantitative estimate of drug-likeness (QED) is 0.158. The van der Waals surface area contributed by atoms with Crippen LogP contribution in [0.25, 0.3) is 0 Å². The molecule has 3 aliphatic rings. The Morgan fingerprint density at radius 3 is 2.05 bits per heavy atom. The van der Waals surface area contributed by atoms with Crippen molar-refractivity contribution in [2.75, 3.05) is 0 Å². The summed E-state index contributed by atoms with van der Waals surface area (Å²) in [6.07, 6.45) is -5.29. The molecule has 5 unspecified atom stereocenters. The van der Waals surface area contributed by atoms with E-state index in [9.17, 15) is 46.0 Å². The zero-order valence-corrected chi connectivity index (χ0v) is 21.5. The van der Waals surface area contributed by atoms with E-state index < -0.39 is 58.8 Å². The maximum atomic E-state index is 11.8. The first-order valence-electron chi connectivity index (χ1n) is 12.9. The van der Waals surface area contributed by atoms with Crippen LogP contribution in [0.4, 0.5) is 0 Å². The lowest BCUT2D eigenvalue weighted by Gasteiger charge is -2.50. The van der Waals surface area contributed by atoms with Gasteiger partial charge in [-0.3, -0.25) is 0 Å². The van der Waals surface area contributed by atoms with Gasteiger partial charge in [0.05, 0.1) is 17.2 Å². The molecule has 0 saturated carbocycles. The van der Waals surface area contributed by atoms with Crippen molar-refractivity contribution >= 4 is 0 Å². The zero-order chi connectivity index (χ0) is 29.7. The van der Waals surface area contributed by atoms with E-state index in [1.165, 1.54) is 42.5 Å². The van der Waals surface area contributed by atoms with Crippen LogP contribution >= 0.6 is 0 Å². The summed E-state index contributed by atoms with van der Waals surface area (Å²) in [6, 6.07) is 11.4. The van der Waals surface area contributed by atoms with Crippen molar-refractivity contribution in [2.24, 2.45) is 0 Å². The largest absolute Gasteiger partial charge is 0.508 e. The van der Waals surface area contributed by atoms with Crippen LogP contribution in [0.5, 0.6) is 57.5 Å². The highest BCUT2D eigenvalue weighted by molar-refractivity contribution is 5.67. The SMILES string of the molecule is Oc1cc(O)c2c(c1)OC1(c3ccc(O)c(O)c3)c3c(cc4c(c3O)CC(O)C(c3ccc(O)c(O)c3)O4)OC2C1O. The molecular formula is C30H24O12. The Bertz CT molecular complexity index is 1790. The second kappa shape index (κ2) is 8.65. The fraction of sp³-hybridized carbons (Fsp3) is 0.200. The molecule has 0 fully saturated rings. The highest BCUT2D eigenvalue weighted by Crippen LogP contribution is 2.62. The van der Waals surface area contributed by atoms with E-state index in [2.05, 4.69) is 0 Å². The molecule has 12 nitrogen and oxygen atoms in total. The number of ether oxygens (including phenoxy) is 3. The van der Waals surface area contributed by atoms with Gasteiger partial charge in [0.25, 0.3) is 0 Å². The minimum absolute atomic E-state index is 0.0177. The molecular weight excluding hydrogens is 552 g/mol. The minimum atomic E-state index is -2.00. The normalized spacial score (nSPS) is 25.2. The first-order valence-corrected chi connectivity index (χ1v) is 12.9. The number of benzene rings is 4. The summed E-state index contributed by atoms with van der Waals surface area (Å²) >= 11 is 0. The summed E-state index contributed by atoms with van der Waals surface area (Å²) in [5, 5.41) is 95.4. The number of hydrogen-bond acceptors (Lipinski definition) is 12. The number of fused-ring (bicyclic) bond motifs is 7. The molecule has 3 aliphatic heterocycles. The van der Waals surface area contributed by atoms with Crippen LogP contribution in [0.15, 0.2) is 54.6 Å². The highest BCUT2D eigenvalue weighted by atomic mass is 16.6. The molecule has 0 aromatic heterocycles. The number of hydrogen-bond donors (Lipinski definition) is 9. The lowest BCUT2D eigenvalue weighted by molar-refractivity contribution is -0.124. The number of aliphatic hydroxyl groups is 2. The van der Waals surface area contributed by atoms with Gasteiger partial charge in [-0.05, 0) is 29.8 Å². The third kappa shape index (κ3) is 3.42. The van der Waals surface area contributed by atoms with Gasteiger partial charge in [-0.2, -0.15) is 0 Å². The molecule has 0 saturated heterocycles. The van der Waals surface area contributed by atoms with Gasteiger partial charge < -0.3 is 60.2 Å². The number of phenols is 7. The van der Waals surface area contributed by atoms with Crippen LogP contribution in [-0.4, -0.2) is 58.2 Å². The van der Waals surface area contributed by atoms with Crippen molar-refractivity contribution in [2.45, 2.75) is 36.4 Å². The summed E-state index contributed by atoms with van der Waals surface area (Å²) in [4.78, 5) is 0. The molecule has 5 atom stereocenters. The van der Waals surface area contributed by atoms with E-state index in [-0.39, 0.29) is 57.4 Å². The predicted octanol–water partition coefficient (Wildman–Crippen LogP) is 2.79. The predicted molar refractivity (Wildman–Crippen MR) is 141 cm³/mol. The van der Waals surface area contributed by atoms with Gasteiger partial charge in [0.1, 0.15) is 46.7 Å². The number of phenolic OH excluding ortho intramolecular Hbond substituents is 7.